The van der Waals surface area contributed by atoms with Gasteiger partial charge in [-0.15, -0.1) is 5.10 Å². The number of rotatable bonds is 6. The van der Waals surface area contributed by atoms with Crippen LogP contribution in [0, 0.1) is 0 Å². The van der Waals surface area contributed by atoms with Crippen molar-refractivity contribution >= 4 is 23.5 Å². The van der Waals surface area contributed by atoms with Crippen LogP contribution in [0.2, 0.25) is 5.02 Å². The van der Waals surface area contributed by atoms with E-state index in [1.165, 1.54) is 28.9 Å². The van der Waals surface area contributed by atoms with Gasteiger partial charge in [0.1, 0.15) is 11.3 Å². The zero-order valence-electron chi connectivity index (χ0n) is 16.0. The summed E-state index contributed by atoms with van der Waals surface area (Å²) in [5, 5.41) is 14.5. The van der Waals surface area contributed by atoms with Crippen molar-refractivity contribution in [3.05, 3.63) is 64.9 Å². The molecule has 1 saturated heterocycles. The Morgan fingerprint density at radius 1 is 1.19 bits per heavy atom. The molecular formula is C19H15ClF2N6O3. The SMILES string of the molecule is CC1(c2cccc(Cl)c2)NC(=O)N(Cc2nnnn2-c2ccc(OC(F)F)cc2)C1=O. The zero-order chi connectivity index (χ0) is 22.2. The van der Waals surface area contributed by atoms with Crippen LogP contribution < -0.4 is 10.1 Å². The van der Waals surface area contributed by atoms with Crippen LogP contribution in [0.5, 0.6) is 5.75 Å². The molecule has 0 spiro atoms. The van der Waals surface area contributed by atoms with Crippen LogP contribution in [0.15, 0.2) is 48.5 Å². The highest BCUT2D eigenvalue weighted by molar-refractivity contribution is 6.30. The molecule has 3 amide bonds. The van der Waals surface area contributed by atoms with E-state index in [0.29, 0.717) is 16.3 Å². The molecule has 1 aliphatic heterocycles. The summed E-state index contributed by atoms with van der Waals surface area (Å²) in [4.78, 5) is 26.7. The second-order valence-electron chi connectivity index (χ2n) is 6.84. The van der Waals surface area contributed by atoms with Crippen molar-refractivity contribution in [1.82, 2.24) is 30.4 Å². The fourth-order valence-corrected chi connectivity index (χ4v) is 3.44. The summed E-state index contributed by atoms with van der Waals surface area (Å²) in [6.07, 6.45) is 0. The lowest BCUT2D eigenvalue weighted by Crippen LogP contribution is -2.40. The van der Waals surface area contributed by atoms with Crippen molar-refractivity contribution in [2.24, 2.45) is 0 Å². The number of tetrazole rings is 1. The number of hydrogen-bond donors (Lipinski definition) is 1. The lowest BCUT2D eigenvalue weighted by Gasteiger charge is -2.22. The minimum atomic E-state index is -2.94. The van der Waals surface area contributed by atoms with Crippen molar-refractivity contribution in [2.45, 2.75) is 25.6 Å². The fourth-order valence-electron chi connectivity index (χ4n) is 3.25. The number of hydrogen-bond acceptors (Lipinski definition) is 6. The Balaban J connectivity index is 1.57. The average Bonchev–Trinajstić information content (AvgIpc) is 3.27. The van der Waals surface area contributed by atoms with Gasteiger partial charge in [-0.25, -0.2) is 4.79 Å². The molecular weight excluding hydrogens is 434 g/mol. The first kappa shape index (κ1) is 20.7. The number of carbonyl (C=O) groups is 2. The molecule has 4 rings (SSSR count). The summed E-state index contributed by atoms with van der Waals surface area (Å²) in [6, 6.07) is 11.7. The van der Waals surface area contributed by atoms with Crippen LogP contribution in [0.3, 0.4) is 0 Å². The molecule has 0 saturated carbocycles. The maximum absolute atomic E-state index is 13.1. The second kappa shape index (κ2) is 7.91. The van der Waals surface area contributed by atoms with Crippen LogP contribution in [-0.2, 0) is 16.9 Å². The van der Waals surface area contributed by atoms with Crippen LogP contribution in [0.4, 0.5) is 13.6 Å². The van der Waals surface area contributed by atoms with E-state index in [2.05, 4.69) is 25.6 Å². The first-order valence-electron chi connectivity index (χ1n) is 9.00. The molecule has 12 heteroatoms. The number of alkyl halides is 2. The van der Waals surface area contributed by atoms with E-state index in [1.807, 2.05) is 0 Å². The van der Waals surface area contributed by atoms with E-state index in [4.69, 9.17) is 11.6 Å². The summed E-state index contributed by atoms with van der Waals surface area (Å²) in [5.74, 6) is -0.323. The predicted molar refractivity (Wildman–Crippen MR) is 104 cm³/mol. The Hall–Kier alpha value is -3.60. The van der Waals surface area contributed by atoms with E-state index in [-0.39, 0.29) is 18.1 Å². The molecule has 0 bridgehead atoms. The van der Waals surface area contributed by atoms with Crippen LogP contribution in [0.1, 0.15) is 18.3 Å². The van der Waals surface area contributed by atoms with Gasteiger partial charge in [0, 0.05) is 5.02 Å². The number of nitrogens with zero attached hydrogens (tertiary/aromatic N) is 5. The standard InChI is InChI=1S/C19H15ClF2N6O3/c1-19(11-3-2-4-12(20)9-11)16(29)27(18(30)23-19)10-15-24-25-26-28(15)13-5-7-14(8-6-13)31-17(21)22/h2-9,17H,10H2,1H3,(H,23,30). The van der Waals surface area contributed by atoms with E-state index >= 15 is 0 Å². The lowest BCUT2D eigenvalue weighted by atomic mass is 9.92. The highest BCUT2D eigenvalue weighted by atomic mass is 35.5. The number of carbonyl (C=O) groups excluding carboxylic acids is 2. The van der Waals surface area contributed by atoms with Crippen molar-refractivity contribution in [3.8, 4) is 11.4 Å². The monoisotopic (exact) mass is 448 g/mol. The van der Waals surface area contributed by atoms with Crippen molar-refractivity contribution in [3.63, 3.8) is 0 Å². The summed E-state index contributed by atoms with van der Waals surface area (Å²) in [7, 11) is 0. The van der Waals surface area contributed by atoms with Crippen LogP contribution >= 0.6 is 11.6 Å². The molecule has 2 aromatic carbocycles. The van der Waals surface area contributed by atoms with Gasteiger partial charge >= 0.3 is 12.6 Å². The summed E-state index contributed by atoms with van der Waals surface area (Å²) in [5.41, 5.74) is -0.324. The molecule has 1 aliphatic rings. The molecule has 9 nitrogen and oxygen atoms in total. The minimum absolute atomic E-state index is 0.0280. The number of ether oxygens (including phenoxy) is 1. The van der Waals surface area contributed by atoms with Crippen molar-refractivity contribution in [2.75, 3.05) is 0 Å². The number of nitrogens with one attached hydrogen (secondary N) is 1. The van der Waals surface area contributed by atoms with E-state index in [0.717, 1.165) is 4.90 Å². The molecule has 1 aromatic heterocycles. The van der Waals surface area contributed by atoms with E-state index in [1.54, 1.807) is 31.2 Å². The first-order chi connectivity index (χ1) is 14.8. The third-order valence-electron chi connectivity index (χ3n) is 4.82. The van der Waals surface area contributed by atoms with Gasteiger partial charge in [0.2, 0.25) is 0 Å². The Kier molecular flexibility index (Phi) is 5.27. The molecule has 0 radical (unpaired) electrons. The zero-order valence-corrected chi connectivity index (χ0v) is 16.8. The predicted octanol–water partition coefficient (Wildman–Crippen LogP) is 2.88. The molecule has 1 unspecified atom stereocenters. The Bertz CT molecular complexity index is 1140. The molecule has 2 heterocycles. The maximum Gasteiger partial charge on any atom is 0.387 e. The summed E-state index contributed by atoms with van der Waals surface area (Å²) in [6.45, 7) is -1.56. The normalized spacial score (nSPS) is 18.5. The van der Waals surface area contributed by atoms with Crippen molar-refractivity contribution in [1.29, 1.82) is 0 Å². The van der Waals surface area contributed by atoms with E-state index < -0.39 is 24.1 Å². The molecule has 31 heavy (non-hydrogen) atoms. The number of aromatic nitrogens is 4. The summed E-state index contributed by atoms with van der Waals surface area (Å²) < 4.78 is 30.3. The highest BCUT2D eigenvalue weighted by Crippen LogP contribution is 2.31. The molecule has 160 valence electrons. The van der Waals surface area contributed by atoms with Gasteiger partial charge < -0.3 is 10.1 Å². The third-order valence-corrected chi connectivity index (χ3v) is 5.05. The van der Waals surface area contributed by atoms with Crippen LogP contribution in [-0.4, -0.2) is 43.7 Å². The Morgan fingerprint density at radius 2 is 1.94 bits per heavy atom. The molecule has 1 fully saturated rings. The van der Waals surface area contributed by atoms with Gasteiger partial charge in [0.25, 0.3) is 5.91 Å². The maximum atomic E-state index is 13.1. The number of urea groups is 1. The second-order valence-corrected chi connectivity index (χ2v) is 7.27. The molecule has 0 aliphatic carbocycles. The topological polar surface area (TPSA) is 102 Å². The average molecular weight is 449 g/mol. The van der Waals surface area contributed by atoms with Gasteiger partial charge in [0.05, 0.1) is 12.2 Å². The van der Waals surface area contributed by atoms with Gasteiger partial charge in [-0.3, -0.25) is 9.69 Å². The molecule has 3 aromatic rings. The smallest absolute Gasteiger partial charge is 0.387 e. The first-order valence-corrected chi connectivity index (χ1v) is 9.38. The number of halogens is 3. The number of amides is 3. The Morgan fingerprint density at radius 3 is 2.61 bits per heavy atom. The van der Waals surface area contributed by atoms with Gasteiger partial charge in [-0.2, -0.15) is 13.5 Å². The lowest BCUT2D eigenvalue weighted by molar-refractivity contribution is -0.131. The fraction of sp³-hybridized carbons (Fsp3) is 0.211. The quantitative estimate of drug-likeness (QED) is 0.582. The molecule has 1 N–H and O–H groups in total. The van der Waals surface area contributed by atoms with Gasteiger partial charge in [0.15, 0.2) is 5.82 Å². The van der Waals surface area contributed by atoms with Gasteiger partial charge in [-0.05, 0) is 59.3 Å². The minimum Gasteiger partial charge on any atom is -0.435 e. The Labute approximate surface area is 179 Å². The molecule has 1 atom stereocenters. The summed E-state index contributed by atoms with van der Waals surface area (Å²) >= 11 is 6.03. The van der Waals surface area contributed by atoms with Gasteiger partial charge in [-0.1, -0.05) is 23.7 Å². The number of imide groups is 1. The van der Waals surface area contributed by atoms with Crippen LogP contribution in [0.25, 0.3) is 5.69 Å². The third kappa shape index (κ3) is 3.91. The van der Waals surface area contributed by atoms with E-state index in [9.17, 15) is 18.4 Å². The van der Waals surface area contributed by atoms with Crippen molar-refractivity contribution < 1.29 is 23.1 Å². The highest BCUT2D eigenvalue weighted by Gasteiger charge is 2.49. The number of benzene rings is 2. The largest absolute Gasteiger partial charge is 0.435 e.